The van der Waals surface area contributed by atoms with Crippen molar-refractivity contribution in [2.45, 2.75) is 104 Å². The number of nitrogens with zero attached hydrogens (tertiary/aromatic N) is 3. The van der Waals surface area contributed by atoms with Gasteiger partial charge in [-0.3, -0.25) is 0 Å². The molecule has 0 saturated heterocycles. The lowest BCUT2D eigenvalue weighted by Crippen LogP contribution is -2.09. The van der Waals surface area contributed by atoms with Crippen molar-refractivity contribution in [1.82, 2.24) is 9.97 Å². The van der Waals surface area contributed by atoms with Crippen LogP contribution >= 0.6 is 0 Å². The van der Waals surface area contributed by atoms with E-state index in [1.807, 2.05) is 36.7 Å². The SMILES string of the molecule is CCCCCCCCc1cnc(-c2ccc(C(=O)Oc3ccc(CCCCCCCC)cc3C#N)cc2)nc1. The highest BCUT2D eigenvalue weighted by atomic mass is 16.5. The van der Waals surface area contributed by atoms with Crippen molar-refractivity contribution in [2.24, 2.45) is 0 Å². The zero-order valence-electron chi connectivity index (χ0n) is 23.8. The van der Waals surface area contributed by atoms with E-state index in [0.717, 1.165) is 36.0 Å². The summed E-state index contributed by atoms with van der Waals surface area (Å²) in [6.45, 7) is 4.46. The number of hydrogen-bond donors (Lipinski definition) is 0. The largest absolute Gasteiger partial charge is 0.422 e. The third-order valence-corrected chi connectivity index (χ3v) is 7.09. The van der Waals surface area contributed by atoms with Crippen LogP contribution in [0.15, 0.2) is 54.9 Å². The first-order valence-electron chi connectivity index (χ1n) is 14.8. The molecule has 0 saturated carbocycles. The van der Waals surface area contributed by atoms with Crippen LogP contribution < -0.4 is 4.74 Å². The summed E-state index contributed by atoms with van der Waals surface area (Å²) in [5.74, 6) is 0.439. The molecule has 3 aromatic rings. The first kappa shape index (κ1) is 30.0. The van der Waals surface area contributed by atoms with E-state index in [0.29, 0.717) is 22.7 Å². The highest BCUT2D eigenvalue weighted by Crippen LogP contribution is 2.23. The van der Waals surface area contributed by atoms with Crippen LogP contribution in [0.4, 0.5) is 0 Å². The number of esters is 1. The highest BCUT2D eigenvalue weighted by molar-refractivity contribution is 5.91. The van der Waals surface area contributed by atoms with Crippen LogP contribution in [0.25, 0.3) is 11.4 Å². The van der Waals surface area contributed by atoms with Crippen molar-refractivity contribution in [2.75, 3.05) is 0 Å². The molecule has 5 heteroatoms. The molecule has 39 heavy (non-hydrogen) atoms. The van der Waals surface area contributed by atoms with Gasteiger partial charge in [0, 0.05) is 18.0 Å². The quantitative estimate of drug-likeness (QED) is 0.0998. The summed E-state index contributed by atoms with van der Waals surface area (Å²) in [5, 5.41) is 9.61. The molecular formula is C34H43N3O2. The summed E-state index contributed by atoms with van der Waals surface area (Å²) < 4.78 is 5.58. The molecule has 0 aliphatic heterocycles. The number of benzene rings is 2. The van der Waals surface area contributed by atoms with Crippen molar-refractivity contribution in [3.8, 4) is 23.2 Å². The van der Waals surface area contributed by atoms with Gasteiger partial charge < -0.3 is 4.74 Å². The molecule has 0 unspecified atom stereocenters. The zero-order valence-corrected chi connectivity index (χ0v) is 23.8. The van der Waals surface area contributed by atoms with Gasteiger partial charge >= 0.3 is 5.97 Å². The van der Waals surface area contributed by atoms with Gasteiger partial charge in [0.15, 0.2) is 5.82 Å². The van der Waals surface area contributed by atoms with Crippen LogP contribution in [0.2, 0.25) is 0 Å². The average Bonchev–Trinajstić information content (AvgIpc) is 2.97. The van der Waals surface area contributed by atoms with Crippen LogP contribution in [-0.2, 0) is 12.8 Å². The molecule has 0 atom stereocenters. The van der Waals surface area contributed by atoms with Crippen LogP contribution in [0.5, 0.6) is 5.75 Å². The molecule has 1 heterocycles. The molecular weight excluding hydrogens is 482 g/mol. The number of carbonyl (C=O) groups excluding carboxylic acids is 1. The number of aryl methyl sites for hydroxylation is 2. The predicted octanol–water partition coefficient (Wildman–Crippen LogP) is 9.04. The van der Waals surface area contributed by atoms with Gasteiger partial charge in [-0.15, -0.1) is 0 Å². The number of aromatic nitrogens is 2. The first-order chi connectivity index (χ1) is 19.1. The second-order valence-electron chi connectivity index (χ2n) is 10.4. The lowest BCUT2D eigenvalue weighted by Gasteiger charge is -2.09. The zero-order chi connectivity index (χ0) is 27.7. The number of carbonyl (C=O) groups is 1. The van der Waals surface area contributed by atoms with Crippen LogP contribution in [-0.4, -0.2) is 15.9 Å². The third-order valence-electron chi connectivity index (χ3n) is 7.09. The number of ether oxygens (including phenoxy) is 1. The van der Waals surface area contributed by atoms with E-state index in [9.17, 15) is 10.1 Å². The Morgan fingerprint density at radius 3 is 1.90 bits per heavy atom. The summed E-state index contributed by atoms with van der Waals surface area (Å²) >= 11 is 0. The molecule has 0 aliphatic rings. The minimum atomic E-state index is -0.489. The molecule has 0 amide bonds. The minimum absolute atomic E-state index is 0.294. The number of nitriles is 1. The van der Waals surface area contributed by atoms with Gasteiger partial charge in [0.25, 0.3) is 0 Å². The Bertz CT molecular complexity index is 1180. The normalized spacial score (nSPS) is 10.8. The van der Waals surface area contributed by atoms with Crippen molar-refractivity contribution in [3.05, 3.63) is 77.1 Å². The van der Waals surface area contributed by atoms with Crippen molar-refractivity contribution < 1.29 is 9.53 Å². The third kappa shape index (κ3) is 10.3. The van der Waals surface area contributed by atoms with Crippen LogP contribution in [0.3, 0.4) is 0 Å². The summed E-state index contributed by atoms with van der Waals surface area (Å²) in [6, 6.07) is 14.8. The molecule has 1 aromatic heterocycles. The molecule has 0 fully saturated rings. The van der Waals surface area contributed by atoms with Gasteiger partial charge in [-0.05, 0) is 61.1 Å². The summed E-state index contributed by atoms with van der Waals surface area (Å²) in [6.07, 6.45) is 20.7. The Morgan fingerprint density at radius 2 is 1.31 bits per heavy atom. The number of hydrogen-bond acceptors (Lipinski definition) is 5. The van der Waals surface area contributed by atoms with Gasteiger partial charge in [0.1, 0.15) is 11.8 Å². The lowest BCUT2D eigenvalue weighted by molar-refractivity contribution is 0.0734. The Labute approximate surface area is 234 Å². The Kier molecular flexibility index (Phi) is 13.2. The van der Waals surface area contributed by atoms with Gasteiger partial charge in [-0.2, -0.15) is 5.26 Å². The van der Waals surface area contributed by atoms with Crippen molar-refractivity contribution in [1.29, 1.82) is 5.26 Å². The van der Waals surface area contributed by atoms with Gasteiger partial charge in [-0.25, -0.2) is 14.8 Å². The highest BCUT2D eigenvalue weighted by Gasteiger charge is 2.13. The monoisotopic (exact) mass is 525 g/mol. The molecule has 0 aliphatic carbocycles. The summed E-state index contributed by atoms with van der Waals surface area (Å²) in [7, 11) is 0. The smallest absolute Gasteiger partial charge is 0.343 e. The molecule has 0 N–H and O–H groups in total. The minimum Gasteiger partial charge on any atom is -0.422 e. The topological polar surface area (TPSA) is 75.9 Å². The van der Waals surface area contributed by atoms with E-state index in [1.165, 1.54) is 70.6 Å². The van der Waals surface area contributed by atoms with E-state index < -0.39 is 5.97 Å². The van der Waals surface area contributed by atoms with E-state index in [2.05, 4.69) is 29.9 Å². The molecule has 3 rings (SSSR count). The fourth-order valence-electron chi connectivity index (χ4n) is 4.68. The van der Waals surface area contributed by atoms with Crippen molar-refractivity contribution >= 4 is 5.97 Å². The molecule has 0 spiro atoms. The Hall–Kier alpha value is -3.52. The molecule has 5 nitrogen and oxygen atoms in total. The van der Waals surface area contributed by atoms with Gasteiger partial charge in [-0.1, -0.05) is 96.3 Å². The maximum atomic E-state index is 12.8. The average molecular weight is 526 g/mol. The summed E-state index contributed by atoms with van der Waals surface area (Å²) in [4.78, 5) is 21.8. The second kappa shape index (κ2) is 17.1. The fraction of sp³-hybridized carbons (Fsp3) is 0.471. The summed E-state index contributed by atoms with van der Waals surface area (Å²) in [5.41, 5.74) is 3.90. The number of rotatable bonds is 17. The maximum absolute atomic E-state index is 12.8. The number of unbranched alkanes of at least 4 members (excludes halogenated alkanes) is 10. The van der Waals surface area contributed by atoms with E-state index in [1.54, 1.807) is 18.2 Å². The van der Waals surface area contributed by atoms with Gasteiger partial charge in [0.2, 0.25) is 0 Å². The van der Waals surface area contributed by atoms with Crippen LogP contribution in [0, 0.1) is 11.3 Å². The Balaban J connectivity index is 1.51. The molecule has 0 bridgehead atoms. The van der Waals surface area contributed by atoms with Gasteiger partial charge in [0.05, 0.1) is 11.1 Å². The first-order valence-corrected chi connectivity index (χ1v) is 14.8. The van der Waals surface area contributed by atoms with E-state index in [-0.39, 0.29) is 0 Å². The predicted molar refractivity (Wildman–Crippen MR) is 158 cm³/mol. The standard InChI is InChI=1S/C34H43N3O2/c1-3-5-7-9-11-13-15-27-17-22-32(31(23-27)24-35)39-34(38)30-20-18-29(19-21-30)33-36-25-28(26-37-33)16-14-12-10-8-6-4-2/h17-23,25-26H,3-16H2,1-2H3. The fourth-order valence-corrected chi connectivity index (χ4v) is 4.68. The molecule has 2 aromatic carbocycles. The van der Waals surface area contributed by atoms with Crippen LogP contribution in [0.1, 0.15) is 118 Å². The maximum Gasteiger partial charge on any atom is 0.343 e. The molecule has 206 valence electrons. The molecule has 0 radical (unpaired) electrons. The Morgan fingerprint density at radius 1 is 0.744 bits per heavy atom. The second-order valence-corrected chi connectivity index (χ2v) is 10.4. The van der Waals surface area contributed by atoms with Crippen molar-refractivity contribution in [3.63, 3.8) is 0 Å². The van der Waals surface area contributed by atoms with E-state index in [4.69, 9.17) is 4.74 Å². The van der Waals surface area contributed by atoms with E-state index >= 15 is 0 Å². The lowest BCUT2D eigenvalue weighted by atomic mass is 10.0.